The molecule has 2 fully saturated rings. The maximum atomic E-state index is 13.3. The second-order valence-corrected chi connectivity index (χ2v) is 6.31. The number of nitrogens with one attached hydrogen (secondary N) is 1. The molecule has 1 N–H and O–H groups in total. The maximum absolute atomic E-state index is 13.3. The van der Waals surface area contributed by atoms with Gasteiger partial charge in [0.1, 0.15) is 5.82 Å². The van der Waals surface area contributed by atoms with E-state index in [9.17, 15) is 9.18 Å². The zero-order valence-corrected chi connectivity index (χ0v) is 12.4. The van der Waals surface area contributed by atoms with Crippen LogP contribution in [0.1, 0.15) is 37.7 Å². The van der Waals surface area contributed by atoms with Gasteiger partial charge in [0.25, 0.3) is 0 Å². The minimum Gasteiger partial charge on any atom is -0.334 e. The van der Waals surface area contributed by atoms with Crippen molar-refractivity contribution in [3.63, 3.8) is 0 Å². The van der Waals surface area contributed by atoms with E-state index < -0.39 is 0 Å². The van der Waals surface area contributed by atoms with Gasteiger partial charge in [0.2, 0.25) is 5.91 Å². The van der Waals surface area contributed by atoms with Crippen LogP contribution in [-0.4, -0.2) is 36.0 Å². The van der Waals surface area contributed by atoms with E-state index in [1.54, 1.807) is 6.07 Å². The molecule has 0 atom stereocenters. The molecule has 3 rings (SSSR count). The molecule has 4 heteroatoms. The Kier molecular flexibility index (Phi) is 4.24. The summed E-state index contributed by atoms with van der Waals surface area (Å²) in [5.74, 6) is -0.128. The molecule has 1 heterocycles. The maximum Gasteiger partial charge on any atom is 0.227 e. The van der Waals surface area contributed by atoms with Crippen molar-refractivity contribution in [1.82, 2.24) is 10.2 Å². The van der Waals surface area contributed by atoms with E-state index in [0.29, 0.717) is 6.42 Å². The van der Waals surface area contributed by atoms with Gasteiger partial charge in [-0.1, -0.05) is 31.4 Å². The molecule has 1 aromatic carbocycles. The molecule has 1 saturated carbocycles. The Balaban J connectivity index is 1.75. The number of carbonyl (C=O) groups excluding carboxylic acids is 1. The monoisotopic (exact) mass is 290 g/mol. The van der Waals surface area contributed by atoms with Crippen molar-refractivity contribution in [2.45, 2.75) is 44.1 Å². The minimum atomic E-state index is -0.270. The molecule has 0 bridgehead atoms. The molecule has 1 saturated heterocycles. The van der Waals surface area contributed by atoms with E-state index in [-0.39, 0.29) is 17.3 Å². The lowest BCUT2D eigenvalue weighted by Gasteiger charge is -2.50. The summed E-state index contributed by atoms with van der Waals surface area (Å²) in [6, 6.07) is 6.39. The summed E-state index contributed by atoms with van der Waals surface area (Å²) in [6.45, 7) is 2.53. The van der Waals surface area contributed by atoms with Gasteiger partial charge in [0, 0.05) is 19.6 Å². The Morgan fingerprint density at radius 2 is 2.10 bits per heavy atom. The quantitative estimate of drug-likeness (QED) is 0.907. The Bertz CT molecular complexity index is 503. The van der Waals surface area contributed by atoms with Crippen molar-refractivity contribution in [2.24, 2.45) is 0 Å². The number of hydrogen-bond acceptors (Lipinski definition) is 2. The lowest BCUT2D eigenvalue weighted by molar-refractivity contribution is -0.140. The van der Waals surface area contributed by atoms with Gasteiger partial charge in [-0.3, -0.25) is 4.79 Å². The molecule has 2 aliphatic rings. The number of amides is 1. The normalized spacial score (nSPS) is 21.5. The van der Waals surface area contributed by atoms with Crippen molar-refractivity contribution < 1.29 is 9.18 Å². The number of halogens is 1. The van der Waals surface area contributed by atoms with Crippen LogP contribution in [0, 0.1) is 5.82 Å². The van der Waals surface area contributed by atoms with Crippen molar-refractivity contribution in [1.29, 1.82) is 0 Å². The topological polar surface area (TPSA) is 32.3 Å². The minimum absolute atomic E-state index is 0.000901. The second kappa shape index (κ2) is 6.14. The largest absolute Gasteiger partial charge is 0.334 e. The van der Waals surface area contributed by atoms with Crippen molar-refractivity contribution in [3.8, 4) is 0 Å². The van der Waals surface area contributed by atoms with Crippen LogP contribution in [0.4, 0.5) is 4.39 Å². The molecule has 3 nitrogen and oxygen atoms in total. The molecule has 1 amide bonds. The second-order valence-electron chi connectivity index (χ2n) is 6.31. The molecule has 21 heavy (non-hydrogen) atoms. The van der Waals surface area contributed by atoms with Gasteiger partial charge in [0.05, 0.1) is 12.0 Å². The van der Waals surface area contributed by atoms with Gasteiger partial charge >= 0.3 is 0 Å². The molecule has 1 aliphatic heterocycles. The SMILES string of the molecule is O=C(Cc1cccc(F)c1)N1CCNCC12CCCCC2. The molecular formula is C17H23FN2O. The van der Waals surface area contributed by atoms with E-state index in [2.05, 4.69) is 10.2 Å². The third kappa shape index (κ3) is 3.10. The average Bonchev–Trinajstić information content (AvgIpc) is 2.48. The van der Waals surface area contributed by atoms with Gasteiger partial charge < -0.3 is 10.2 Å². The van der Waals surface area contributed by atoms with Crippen LogP contribution >= 0.6 is 0 Å². The predicted molar refractivity (Wildman–Crippen MR) is 80.5 cm³/mol. The molecule has 1 aromatic rings. The Hall–Kier alpha value is -1.42. The van der Waals surface area contributed by atoms with Crippen molar-refractivity contribution >= 4 is 5.91 Å². The Morgan fingerprint density at radius 1 is 1.29 bits per heavy atom. The summed E-state index contributed by atoms with van der Waals surface area (Å²) in [5.41, 5.74) is 0.769. The first-order valence-corrected chi connectivity index (χ1v) is 7.95. The van der Waals surface area contributed by atoms with Crippen LogP contribution in [-0.2, 0) is 11.2 Å². The standard InChI is InChI=1S/C17H23FN2O/c18-15-6-4-5-14(11-15)12-16(21)20-10-9-19-13-17(20)7-2-1-3-8-17/h4-6,11,19H,1-3,7-10,12-13H2. The van der Waals surface area contributed by atoms with Crippen LogP contribution in [0.25, 0.3) is 0 Å². The molecule has 0 aromatic heterocycles. The number of nitrogens with zero attached hydrogens (tertiary/aromatic N) is 1. The van der Waals surface area contributed by atoms with E-state index in [0.717, 1.165) is 38.0 Å². The fourth-order valence-electron chi connectivity index (χ4n) is 3.81. The highest BCUT2D eigenvalue weighted by Crippen LogP contribution is 2.35. The number of carbonyl (C=O) groups is 1. The first-order valence-electron chi connectivity index (χ1n) is 7.95. The van der Waals surface area contributed by atoms with Crippen LogP contribution < -0.4 is 5.32 Å². The summed E-state index contributed by atoms with van der Waals surface area (Å²) in [5, 5.41) is 3.45. The van der Waals surface area contributed by atoms with E-state index in [1.165, 1.54) is 31.4 Å². The van der Waals surface area contributed by atoms with Gasteiger partial charge in [-0.15, -0.1) is 0 Å². The van der Waals surface area contributed by atoms with Gasteiger partial charge in [-0.25, -0.2) is 4.39 Å². The first-order chi connectivity index (χ1) is 10.2. The van der Waals surface area contributed by atoms with E-state index in [4.69, 9.17) is 0 Å². The Morgan fingerprint density at radius 3 is 2.86 bits per heavy atom. The Labute approximate surface area is 125 Å². The van der Waals surface area contributed by atoms with E-state index >= 15 is 0 Å². The fourth-order valence-corrected chi connectivity index (χ4v) is 3.81. The smallest absolute Gasteiger partial charge is 0.227 e. The lowest BCUT2D eigenvalue weighted by atomic mass is 9.78. The fraction of sp³-hybridized carbons (Fsp3) is 0.588. The first kappa shape index (κ1) is 14.5. The zero-order valence-electron chi connectivity index (χ0n) is 12.4. The zero-order chi connectivity index (χ0) is 14.7. The lowest BCUT2D eigenvalue weighted by Crippen LogP contribution is -2.63. The molecule has 0 radical (unpaired) electrons. The third-order valence-electron chi connectivity index (χ3n) is 4.87. The summed E-state index contributed by atoms with van der Waals surface area (Å²) >= 11 is 0. The third-order valence-corrected chi connectivity index (χ3v) is 4.87. The molecule has 1 aliphatic carbocycles. The number of hydrogen-bond donors (Lipinski definition) is 1. The van der Waals surface area contributed by atoms with Crippen LogP contribution in [0.5, 0.6) is 0 Å². The van der Waals surface area contributed by atoms with Gasteiger partial charge in [-0.2, -0.15) is 0 Å². The van der Waals surface area contributed by atoms with Crippen molar-refractivity contribution in [2.75, 3.05) is 19.6 Å². The highest BCUT2D eigenvalue weighted by molar-refractivity contribution is 5.79. The predicted octanol–water partition coefficient (Wildman–Crippen LogP) is 2.50. The molecule has 1 spiro atoms. The highest BCUT2D eigenvalue weighted by atomic mass is 19.1. The van der Waals surface area contributed by atoms with Crippen molar-refractivity contribution in [3.05, 3.63) is 35.6 Å². The highest BCUT2D eigenvalue weighted by Gasteiger charge is 2.41. The summed E-state index contributed by atoms with van der Waals surface area (Å²) in [6.07, 6.45) is 6.16. The average molecular weight is 290 g/mol. The van der Waals surface area contributed by atoms with Crippen LogP contribution in [0.2, 0.25) is 0 Å². The van der Waals surface area contributed by atoms with Crippen LogP contribution in [0.3, 0.4) is 0 Å². The number of benzene rings is 1. The van der Waals surface area contributed by atoms with E-state index in [1.807, 2.05) is 6.07 Å². The molecule has 0 unspecified atom stereocenters. The number of piperazine rings is 1. The van der Waals surface area contributed by atoms with Gasteiger partial charge in [0.15, 0.2) is 0 Å². The van der Waals surface area contributed by atoms with Crippen LogP contribution in [0.15, 0.2) is 24.3 Å². The number of rotatable bonds is 2. The van der Waals surface area contributed by atoms with Gasteiger partial charge in [-0.05, 0) is 30.5 Å². The summed E-state index contributed by atoms with van der Waals surface area (Å²) < 4.78 is 13.3. The molecular weight excluding hydrogens is 267 g/mol. The molecule has 114 valence electrons. The summed E-state index contributed by atoms with van der Waals surface area (Å²) in [7, 11) is 0. The summed E-state index contributed by atoms with van der Waals surface area (Å²) in [4.78, 5) is 14.8.